The summed E-state index contributed by atoms with van der Waals surface area (Å²) in [6, 6.07) is 14.7. The monoisotopic (exact) mass is 371 g/mol. The van der Waals surface area contributed by atoms with Crippen LogP contribution in [0, 0.1) is 0 Å². The molecule has 26 heavy (non-hydrogen) atoms. The van der Waals surface area contributed by atoms with Crippen LogP contribution in [0.25, 0.3) is 11.4 Å². The molecule has 1 heterocycles. The Morgan fingerprint density at radius 3 is 2.77 bits per heavy atom. The number of aliphatic imine (C=N–C) groups is 1. The highest BCUT2D eigenvalue weighted by Gasteiger charge is 2.08. The molecule has 8 heteroatoms. The minimum absolute atomic E-state index is 0.284. The number of aromatic nitrogens is 2. The van der Waals surface area contributed by atoms with Crippen molar-refractivity contribution in [2.75, 3.05) is 19.0 Å². The summed E-state index contributed by atoms with van der Waals surface area (Å²) in [5.41, 5.74) is 7.50. The molecule has 0 amide bonds. The zero-order chi connectivity index (χ0) is 18.4. The number of anilines is 1. The molecule has 0 saturated heterocycles. The average Bonchev–Trinajstić information content (AvgIpc) is 3.11. The van der Waals surface area contributed by atoms with Crippen molar-refractivity contribution in [1.29, 1.82) is 0 Å². The number of guanidine groups is 1. The normalized spacial score (nSPS) is 11.4. The van der Waals surface area contributed by atoms with Crippen LogP contribution in [-0.2, 0) is 6.42 Å². The molecule has 0 bridgehead atoms. The summed E-state index contributed by atoms with van der Waals surface area (Å²) in [6.07, 6.45) is 0.481. The second kappa shape index (κ2) is 8.35. The summed E-state index contributed by atoms with van der Waals surface area (Å²) in [7, 11) is 1.60. The number of nitrogens with zero attached hydrogens (tertiary/aromatic N) is 3. The Kier molecular flexibility index (Phi) is 5.70. The van der Waals surface area contributed by atoms with E-state index in [0.29, 0.717) is 35.5 Å². The van der Waals surface area contributed by atoms with Gasteiger partial charge in [-0.25, -0.2) is 0 Å². The van der Waals surface area contributed by atoms with Crippen LogP contribution in [0.2, 0.25) is 5.02 Å². The number of ether oxygens (including phenoxy) is 1. The third-order valence-corrected chi connectivity index (χ3v) is 3.80. The smallest absolute Gasteiger partial charge is 0.228 e. The molecular weight excluding hydrogens is 354 g/mol. The van der Waals surface area contributed by atoms with Crippen molar-refractivity contribution in [3.8, 4) is 17.1 Å². The second-order valence-electron chi connectivity index (χ2n) is 5.36. The second-order valence-corrected chi connectivity index (χ2v) is 5.80. The number of nitrogens with one attached hydrogen (secondary N) is 1. The Balaban J connectivity index is 1.57. The quantitative estimate of drug-likeness (QED) is 0.509. The standard InChI is InChI=1S/C18H18ClN5O2/c1-25-15-5-3-2-4-14(15)22-18(20)21-11-10-16-23-17(24-26-16)12-6-8-13(19)9-7-12/h2-9H,10-11H2,1H3,(H3,20,21,22). The van der Waals surface area contributed by atoms with Gasteiger partial charge in [0.1, 0.15) is 5.75 Å². The SMILES string of the molecule is COc1ccccc1NC(N)=NCCc1nc(-c2ccc(Cl)cc2)no1. The number of nitrogens with two attached hydrogens (primary N) is 1. The average molecular weight is 372 g/mol. The van der Waals surface area contributed by atoms with E-state index in [1.165, 1.54) is 0 Å². The van der Waals surface area contributed by atoms with Gasteiger partial charge in [-0.15, -0.1) is 0 Å². The molecule has 0 radical (unpaired) electrons. The van der Waals surface area contributed by atoms with Crippen molar-refractivity contribution in [2.45, 2.75) is 6.42 Å². The summed E-state index contributed by atoms with van der Waals surface area (Å²) in [4.78, 5) is 8.61. The van der Waals surface area contributed by atoms with E-state index in [2.05, 4.69) is 20.4 Å². The van der Waals surface area contributed by atoms with E-state index < -0.39 is 0 Å². The molecule has 1 aromatic heterocycles. The number of halogens is 1. The highest BCUT2D eigenvalue weighted by atomic mass is 35.5. The summed E-state index contributed by atoms with van der Waals surface area (Å²) in [5.74, 6) is 1.98. The van der Waals surface area contributed by atoms with E-state index in [4.69, 9.17) is 26.6 Å². The lowest BCUT2D eigenvalue weighted by Gasteiger charge is -2.09. The Bertz CT molecular complexity index is 893. The summed E-state index contributed by atoms with van der Waals surface area (Å²) < 4.78 is 10.5. The first kappa shape index (κ1) is 17.8. The molecule has 134 valence electrons. The maximum Gasteiger partial charge on any atom is 0.228 e. The summed E-state index contributed by atoms with van der Waals surface area (Å²) in [6.45, 7) is 0.413. The zero-order valence-corrected chi connectivity index (χ0v) is 14.9. The lowest BCUT2D eigenvalue weighted by atomic mass is 10.2. The molecule has 0 aliphatic heterocycles. The van der Waals surface area contributed by atoms with E-state index in [1.54, 1.807) is 19.2 Å². The molecule has 0 aliphatic carbocycles. The first-order valence-corrected chi connectivity index (χ1v) is 8.32. The number of rotatable bonds is 6. The summed E-state index contributed by atoms with van der Waals surface area (Å²) in [5, 5.41) is 7.63. The van der Waals surface area contributed by atoms with Gasteiger partial charge in [0.2, 0.25) is 11.7 Å². The molecular formula is C18H18ClN5O2. The number of methoxy groups -OCH3 is 1. The molecule has 7 nitrogen and oxygen atoms in total. The molecule has 0 spiro atoms. The van der Waals surface area contributed by atoms with E-state index in [-0.39, 0.29) is 5.96 Å². The predicted octanol–water partition coefficient (Wildman–Crippen LogP) is 3.37. The number of benzene rings is 2. The number of para-hydroxylation sites is 2. The molecule has 0 fully saturated rings. The van der Waals surface area contributed by atoms with Gasteiger partial charge in [-0.1, -0.05) is 28.9 Å². The highest BCUT2D eigenvalue weighted by Crippen LogP contribution is 2.22. The fourth-order valence-corrected chi connectivity index (χ4v) is 2.40. The zero-order valence-electron chi connectivity index (χ0n) is 14.1. The Hall–Kier alpha value is -3.06. The first-order valence-electron chi connectivity index (χ1n) is 7.94. The third kappa shape index (κ3) is 4.52. The highest BCUT2D eigenvalue weighted by molar-refractivity contribution is 6.30. The number of hydrogen-bond acceptors (Lipinski definition) is 5. The van der Waals surface area contributed by atoms with Gasteiger partial charge in [-0.3, -0.25) is 4.99 Å². The number of hydrogen-bond donors (Lipinski definition) is 2. The topological polar surface area (TPSA) is 98.6 Å². The van der Waals surface area contributed by atoms with Crippen LogP contribution in [0.15, 0.2) is 58.0 Å². The van der Waals surface area contributed by atoms with Crippen molar-refractivity contribution in [1.82, 2.24) is 10.1 Å². The van der Waals surface area contributed by atoms with Gasteiger partial charge < -0.3 is 20.3 Å². The molecule has 0 aliphatic rings. The van der Waals surface area contributed by atoms with Gasteiger partial charge in [-0.2, -0.15) is 4.98 Å². The van der Waals surface area contributed by atoms with E-state index in [1.807, 2.05) is 36.4 Å². The van der Waals surface area contributed by atoms with Crippen LogP contribution in [-0.4, -0.2) is 29.8 Å². The maximum absolute atomic E-state index is 5.91. The van der Waals surface area contributed by atoms with Crippen molar-refractivity contribution in [2.24, 2.45) is 10.7 Å². The Morgan fingerprint density at radius 2 is 2.00 bits per heavy atom. The van der Waals surface area contributed by atoms with Crippen LogP contribution >= 0.6 is 11.6 Å². The fraction of sp³-hybridized carbons (Fsp3) is 0.167. The van der Waals surface area contributed by atoms with Gasteiger partial charge in [0, 0.05) is 17.0 Å². The molecule has 2 aromatic carbocycles. The minimum Gasteiger partial charge on any atom is -0.495 e. The Morgan fingerprint density at radius 1 is 1.23 bits per heavy atom. The lowest BCUT2D eigenvalue weighted by Crippen LogP contribution is -2.23. The van der Waals surface area contributed by atoms with Gasteiger partial charge >= 0.3 is 0 Å². The molecule has 3 N–H and O–H groups in total. The lowest BCUT2D eigenvalue weighted by molar-refractivity contribution is 0.380. The van der Waals surface area contributed by atoms with Crippen LogP contribution < -0.4 is 15.8 Å². The van der Waals surface area contributed by atoms with E-state index >= 15 is 0 Å². The van der Waals surface area contributed by atoms with Crippen molar-refractivity contribution < 1.29 is 9.26 Å². The van der Waals surface area contributed by atoms with Crippen molar-refractivity contribution >= 4 is 23.2 Å². The van der Waals surface area contributed by atoms with Crippen LogP contribution in [0.3, 0.4) is 0 Å². The maximum atomic E-state index is 5.91. The third-order valence-electron chi connectivity index (χ3n) is 3.55. The van der Waals surface area contributed by atoms with Gasteiger partial charge in [0.25, 0.3) is 0 Å². The summed E-state index contributed by atoms with van der Waals surface area (Å²) >= 11 is 5.87. The molecule has 3 rings (SSSR count). The molecule has 0 saturated carbocycles. The molecule has 0 atom stereocenters. The van der Waals surface area contributed by atoms with Crippen LogP contribution in [0.1, 0.15) is 5.89 Å². The van der Waals surface area contributed by atoms with E-state index in [0.717, 1.165) is 11.3 Å². The molecule has 3 aromatic rings. The first-order chi connectivity index (χ1) is 12.7. The Labute approximate surface area is 155 Å². The van der Waals surface area contributed by atoms with Gasteiger partial charge in [0.15, 0.2) is 5.96 Å². The fourth-order valence-electron chi connectivity index (χ4n) is 2.27. The molecule has 0 unspecified atom stereocenters. The van der Waals surface area contributed by atoms with Gasteiger partial charge in [0.05, 0.1) is 19.3 Å². The van der Waals surface area contributed by atoms with Crippen LogP contribution in [0.5, 0.6) is 5.75 Å². The van der Waals surface area contributed by atoms with Gasteiger partial charge in [-0.05, 0) is 36.4 Å². The largest absolute Gasteiger partial charge is 0.495 e. The van der Waals surface area contributed by atoms with Crippen LogP contribution in [0.4, 0.5) is 5.69 Å². The van der Waals surface area contributed by atoms with Crippen molar-refractivity contribution in [3.63, 3.8) is 0 Å². The minimum atomic E-state index is 0.284. The van der Waals surface area contributed by atoms with Crippen molar-refractivity contribution in [3.05, 3.63) is 59.4 Å². The van der Waals surface area contributed by atoms with E-state index in [9.17, 15) is 0 Å². The predicted molar refractivity (Wildman–Crippen MR) is 102 cm³/mol.